The first-order valence-electron chi connectivity index (χ1n) is 7.05. The Morgan fingerprint density at radius 3 is 2.75 bits per heavy atom. The van der Waals surface area contributed by atoms with E-state index in [9.17, 15) is 4.79 Å². The number of carbonyl (C=O) groups excluding carboxylic acids is 1. The summed E-state index contributed by atoms with van der Waals surface area (Å²) in [7, 11) is 1.64. The van der Waals surface area contributed by atoms with Crippen molar-refractivity contribution in [3.8, 4) is 5.75 Å². The molecule has 1 amide bonds. The highest BCUT2D eigenvalue weighted by Crippen LogP contribution is 2.16. The van der Waals surface area contributed by atoms with E-state index in [2.05, 4.69) is 10.6 Å². The number of hydrogen-bond donors (Lipinski definition) is 2. The summed E-state index contributed by atoms with van der Waals surface area (Å²) < 4.78 is 10.4. The van der Waals surface area contributed by atoms with Crippen molar-refractivity contribution in [1.82, 2.24) is 5.32 Å². The molecule has 1 unspecified atom stereocenters. The number of amides is 1. The predicted molar refractivity (Wildman–Crippen MR) is 78.1 cm³/mol. The summed E-state index contributed by atoms with van der Waals surface area (Å²) in [5.74, 6) is 0.814. The van der Waals surface area contributed by atoms with Gasteiger partial charge in [-0.3, -0.25) is 4.79 Å². The molecule has 1 saturated heterocycles. The van der Waals surface area contributed by atoms with Crippen LogP contribution in [0.2, 0.25) is 0 Å². The molecule has 1 fully saturated rings. The summed E-state index contributed by atoms with van der Waals surface area (Å²) in [5, 5.41) is 6.16. The minimum Gasteiger partial charge on any atom is -0.491 e. The maximum atomic E-state index is 12.0. The van der Waals surface area contributed by atoms with Gasteiger partial charge in [-0.05, 0) is 43.7 Å². The SMILES string of the molecule is COCCOc1ccc(NC(=O)C2CCCCN2)cc1. The number of carbonyl (C=O) groups is 1. The van der Waals surface area contributed by atoms with Gasteiger partial charge in [0.2, 0.25) is 5.91 Å². The van der Waals surface area contributed by atoms with E-state index in [4.69, 9.17) is 9.47 Å². The molecule has 1 heterocycles. The molecule has 0 radical (unpaired) electrons. The van der Waals surface area contributed by atoms with Crippen LogP contribution in [0.15, 0.2) is 24.3 Å². The zero-order chi connectivity index (χ0) is 14.2. The standard InChI is InChI=1S/C15H22N2O3/c1-19-10-11-20-13-7-5-12(6-8-13)17-15(18)14-4-2-3-9-16-14/h5-8,14,16H,2-4,9-11H2,1H3,(H,17,18). The van der Waals surface area contributed by atoms with Gasteiger partial charge in [0, 0.05) is 12.8 Å². The van der Waals surface area contributed by atoms with Crippen molar-refractivity contribution in [3.63, 3.8) is 0 Å². The van der Waals surface area contributed by atoms with Crippen LogP contribution in [0, 0.1) is 0 Å². The number of methoxy groups -OCH3 is 1. The van der Waals surface area contributed by atoms with Crippen LogP contribution in [0.5, 0.6) is 5.75 Å². The second-order valence-corrected chi connectivity index (χ2v) is 4.86. The van der Waals surface area contributed by atoms with Gasteiger partial charge in [0.1, 0.15) is 12.4 Å². The number of benzene rings is 1. The van der Waals surface area contributed by atoms with Gasteiger partial charge in [0.15, 0.2) is 0 Å². The van der Waals surface area contributed by atoms with Gasteiger partial charge in [-0.2, -0.15) is 0 Å². The second-order valence-electron chi connectivity index (χ2n) is 4.86. The summed E-state index contributed by atoms with van der Waals surface area (Å²) in [5.41, 5.74) is 0.793. The van der Waals surface area contributed by atoms with Crippen LogP contribution >= 0.6 is 0 Å². The summed E-state index contributed by atoms with van der Waals surface area (Å²) in [6, 6.07) is 7.33. The van der Waals surface area contributed by atoms with Crippen molar-refractivity contribution in [3.05, 3.63) is 24.3 Å². The molecule has 0 saturated carbocycles. The highest BCUT2D eigenvalue weighted by Gasteiger charge is 2.20. The number of nitrogens with one attached hydrogen (secondary N) is 2. The molecule has 0 aliphatic carbocycles. The quantitative estimate of drug-likeness (QED) is 0.779. The Kier molecular flexibility index (Phi) is 5.83. The fraction of sp³-hybridized carbons (Fsp3) is 0.533. The number of ether oxygens (including phenoxy) is 2. The van der Waals surface area contributed by atoms with Gasteiger partial charge in [0.25, 0.3) is 0 Å². The third-order valence-electron chi connectivity index (χ3n) is 3.30. The lowest BCUT2D eigenvalue weighted by Gasteiger charge is -2.22. The molecule has 110 valence electrons. The molecule has 1 aliphatic rings. The first-order valence-corrected chi connectivity index (χ1v) is 7.05. The fourth-order valence-electron chi connectivity index (χ4n) is 2.18. The molecule has 0 aromatic heterocycles. The monoisotopic (exact) mass is 278 g/mol. The Bertz CT molecular complexity index is 414. The lowest BCUT2D eigenvalue weighted by molar-refractivity contribution is -0.118. The Hall–Kier alpha value is -1.59. The Morgan fingerprint density at radius 2 is 2.10 bits per heavy atom. The number of rotatable bonds is 6. The van der Waals surface area contributed by atoms with Gasteiger partial charge in [0.05, 0.1) is 12.6 Å². The first kappa shape index (κ1) is 14.8. The van der Waals surface area contributed by atoms with E-state index in [1.54, 1.807) is 7.11 Å². The van der Waals surface area contributed by atoms with Crippen molar-refractivity contribution in [1.29, 1.82) is 0 Å². The van der Waals surface area contributed by atoms with Crippen LogP contribution in [0.25, 0.3) is 0 Å². The minimum atomic E-state index is -0.0682. The van der Waals surface area contributed by atoms with Crippen LogP contribution < -0.4 is 15.4 Å². The molecule has 5 heteroatoms. The normalized spacial score (nSPS) is 18.6. The molecular formula is C15H22N2O3. The van der Waals surface area contributed by atoms with E-state index in [0.29, 0.717) is 13.2 Å². The molecule has 2 N–H and O–H groups in total. The zero-order valence-electron chi connectivity index (χ0n) is 11.9. The molecule has 1 atom stereocenters. The largest absolute Gasteiger partial charge is 0.491 e. The molecule has 1 aromatic carbocycles. The van der Waals surface area contributed by atoms with Gasteiger partial charge in [-0.15, -0.1) is 0 Å². The Balaban J connectivity index is 1.81. The first-order chi connectivity index (χ1) is 9.79. The van der Waals surface area contributed by atoms with Crippen molar-refractivity contribution in [2.24, 2.45) is 0 Å². The Labute approximate surface area is 119 Å². The molecule has 2 rings (SSSR count). The summed E-state index contributed by atoms with van der Waals surface area (Å²) in [6.45, 7) is 2.00. The van der Waals surface area contributed by atoms with Crippen LogP contribution in [-0.2, 0) is 9.53 Å². The summed E-state index contributed by atoms with van der Waals surface area (Å²) >= 11 is 0. The van der Waals surface area contributed by atoms with Gasteiger partial charge >= 0.3 is 0 Å². The van der Waals surface area contributed by atoms with E-state index in [0.717, 1.165) is 37.2 Å². The lowest BCUT2D eigenvalue weighted by atomic mass is 10.0. The second kappa shape index (κ2) is 7.87. The van der Waals surface area contributed by atoms with Crippen molar-refractivity contribution in [2.75, 3.05) is 32.2 Å². The number of anilines is 1. The molecule has 20 heavy (non-hydrogen) atoms. The Morgan fingerprint density at radius 1 is 1.30 bits per heavy atom. The van der Waals surface area contributed by atoms with Crippen LogP contribution in [0.1, 0.15) is 19.3 Å². The van der Waals surface area contributed by atoms with Gasteiger partial charge in [-0.25, -0.2) is 0 Å². The van der Waals surface area contributed by atoms with Crippen LogP contribution in [0.4, 0.5) is 5.69 Å². The van der Waals surface area contributed by atoms with E-state index in [-0.39, 0.29) is 11.9 Å². The summed E-state index contributed by atoms with van der Waals surface area (Å²) in [4.78, 5) is 12.0. The summed E-state index contributed by atoms with van der Waals surface area (Å²) in [6.07, 6.45) is 3.17. The number of piperidine rings is 1. The molecule has 5 nitrogen and oxygen atoms in total. The minimum absolute atomic E-state index is 0.0396. The lowest BCUT2D eigenvalue weighted by Crippen LogP contribution is -2.43. The maximum Gasteiger partial charge on any atom is 0.241 e. The van der Waals surface area contributed by atoms with Crippen molar-refractivity contribution in [2.45, 2.75) is 25.3 Å². The van der Waals surface area contributed by atoms with Crippen molar-refractivity contribution >= 4 is 11.6 Å². The van der Waals surface area contributed by atoms with E-state index in [1.165, 1.54) is 0 Å². The molecule has 1 aromatic rings. The van der Waals surface area contributed by atoms with Crippen LogP contribution in [-0.4, -0.2) is 38.8 Å². The van der Waals surface area contributed by atoms with E-state index < -0.39 is 0 Å². The van der Waals surface area contributed by atoms with E-state index >= 15 is 0 Å². The molecule has 0 bridgehead atoms. The smallest absolute Gasteiger partial charge is 0.241 e. The molecular weight excluding hydrogens is 256 g/mol. The molecule has 1 aliphatic heterocycles. The highest BCUT2D eigenvalue weighted by atomic mass is 16.5. The highest BCUT2D eigenvalue weighted by molar-refractivity contribution is 5.94. The number of hydrogen-bond acceptors (Lipinski definition) is 4. The average molecular weight is 278 g/mol. The van der Waals surface area contributed by atoms with Gasteiger partial charge in [-0.1, -0.05) is 6.42 Å². The van der Waals surface area contributed by atoms with Crippen LogP contribution in [0.3, 0.4) is 0 Å². The van der Waals surface area contributed by atoms with E-state index in [1.807, 2.05) is 24.3 Å². The zero-order valence-corrected chi connectivity index (χ0v) is 11.9. The van der Waals surface area contributed by atoms with Gasteiger partial charge < -0.3 is 20.1 Å². The third-order valence-corrected chi connectivity index (χ3v) is 3.30. The third kappa shape index (κ3) is 4.51. The predicted octanol–water partition coefficient (Wildman–Crippen LogP) is 1.79. The van der Waals surface area contributed by atoms with Crippen molar-refractivity contribution < 1.29 is 14.3 Å². The topological polar surface area (TPSA) is 59.6 Å². The average Bonchev–Trinajstić information content (AvgIpc) is 2.50. The maximum absolute atomic E-state index is 12.0. The fourth-order valence-corrected chi connectivity index (χ4v) is 2.18. The molecule has 0 spiro atoms.